The van der Waals surface area contributed by atoms with Crippen molar-refractivity contribution in [1.29, 1.82) is 0 Å². The molecule has 0 aliphatic heterocycles. The Kier molecular flexibility index (Phi) is 4.14. The van der Waals surface area contributed by atoms with E-state index < -0.39 is 0 Å². The van der Waals surface area contributed by atoms with E-state index in [-0.39, 0.29) is 5.97 Å². The van der Waals surface area contributed by atoms with Gasteiger partial charge in [0.25, 0.3) is 0 Å². The minimum atomic E-state index is -0.347. The lowest BCUT2D eigenvalue weighted by molar-refractivity contribution is -0.134. The van der Waals surface area contributed by atoms with Crippen LogP contribution in [0.1, 0.15) is 23.6 Å². The van der Waals surface area contributed by atoms with Crippen molar-refractivity contribution in [3.63, 3.8) is 0 Å². The van der Waals surface area contributed by atoms with E-state index in [0.717, 1.165) is 16.7 Å². The highest BCUT2D eigenvalue weighted by atomic mass is 16.5. The molecule has 2 heteroatoms. The van der Waals surface area contributed by atoms with Gasteiger partial charge in [-0.15, -0.1) is 0 Å². The van der Waals surface area contributed by atoms with Gasteiger partial charge in [0.2, 0.25) is 0 Å². The molecule has 19 heavy (non-hydrogen) atoms. The van der Waals surface area contributed by atoms with Crippen LogP contribution in [-0.4, -0.2) is 5.97 Å². The topological polar surface area (TPSA) is 26.3 Å². The molecule has 1 radical (unpaired) electrons. The summed E-state index contributed by atoms with van der Waals surface area (Å²) in [7, 11) is 0. The monoisotopic (exact) mass is 251 g/mol. The number of esters is 1. The number of benzene rings is 2. The van der Waals surface area contributed by atoms with Gasteiger partial charge in [0.15, 0.2) is 0 Å². The van der Waals surface area contributed by atoms with Crippen molar-refractivity contribution >= 4 is 11.7 Å². The molecular weight excluding hydrogens is 236 g/mol. The van der Waals surface area contributed by atoms with E-state index in [0.29, 0.717) is 5.76 Å². The van der Waals surface area contributed by atoms with E-state index in [9.17, 15) is 4.79 Å². The average molecular weight is 251 g/mol. The first-order chi connectivity index (χ1) is 9.15. The molecule has 2 aromatic carbocycles. The van der Waals surface area contributed by atoms with Crippen LogP contribution in [0.2, 0.25) is 0 Å². The molecule has 0 amide bonds. The normalized spacial score (nSPS) is 11.2. The lowest BCUT2D eigenvalue weighted by Crippen LogP contribution is -1.99. The fraction of sp³-hybridized carbons (Fsp3) is 0.118. The molecule has 2 aromatic rings. The van der Waals surface area contributed by atoms with Crippen molar-refractivity contribution in [2.75, 3.05) is 0 Å². The number of aryl methyl sites for hydroxylation is 1. The SMILES string of the molecule is CC(=O)OC(=[C]c1ccccc1)c1cccc(C)c1. The number of hydrogen-bond acceptors (Lipinski definition) is 2. The highest BCUT2D eigenvalue weighted by Gasteiger charge is 2.07. The third kappa shape index (κ3) is 3.81. The largest absolute Gasteiger partial charge is 0.425 e. The summed E-state index contributed by atoms with van der Waals surface area (Å²) in [6.07, 6.45) is 3.13. The van der Waals surface area contributed by atoms with Gasteiger partial charge in [-0.2, -0.15) is 0 Å². The Morgan fingerprint density at radius 2 is 1.79 bits per heavy atom. The fourth-order valence-electron chi connectivity index (χ4n) is 1.74. The molecule has 0 heterocycles. The van der Waals surface area contributed by atoms with Gasteiger partial charge in [-0.05, 0) is 18.6 Å². The number of carbonyl (C=O) groups excluding carboxylic acids is 1. The van der Waals surface area contributed by atoms with Gasteiger partial charge >= 0.3 is 5.97 Å². The summed E-state index contributed by atoms with van der Waals surface area (Å²) >= 11 is 0. The number of rotatable bonds is 3. The molecule has 0 saturated heterocycles. The lowest BCUT2D eigenvalue weighted by atomic mass is 10.1. The number of hydrogen-bond donors (Lipinski definition) is 0. The molecule has 0 bridgehead atoms. The Morgan fingerprint density at radius 3 is 2.42 bits per heavy atom. The standard InChI is InChI=1S/C17H15O2/c1-13-7-6-10-16(11-13)17(19-14(2)18)12-15-8-4-3-5-9-15/h3-11H,1-2H3. The summed E-state index contributed by atoms with van der Waals surface area (Å²) < 4.78 is 5.26. The summed E-state index contributed by atoms with van der Waals surface area (Å²) in [5.74, 6) is 0.0994. The molecule has 2 nitrogen and oxygen atoms in total. The molecule has 0 fully saturated rings. The van der Waals surface area contributed by atoms with Crippen LogP contribution >= 0.6 is 0 Å². The lowest BCUT2D eigenvalue weighted by Gasteiger charge is -2.08. The number of carbonyl (C=O) groups is 1. The van der Waals surface area contributed by atoms with E-state index >= 15 is 0 Å². The van der Waals surface area contributed by atoms with Crippen LogP contribution in [0.5, 0.6) is 0 Å². The first-order valence-electron chi connectivity index (χ1n) is 6.09. The zero-order chi connectivity index (χ0) is 13.7. The Balaban J connectivity index is 2.41. The summed E-state index contributed by atoms with van der Waals surface area (Å²) in [5, 5.41) is 0. The van der Waals surface area contributed by atoms with Gasteiger partial charge in [0, 0.05) is 18.6 Å². The van der Waals surface area contributed by atoms with Crippen molar-refractivity contribution in [3.05, 3.63) is 77.4 Å². The van der Waals surface area contributed by atoms with Crippen molar-refractivity contribution in [1.82, 2.24) is 0 Å². The summed E-state index contributed by atoms with van der Waals surface area (Å²) in [6, 6.07) is 17.4. The van der Waals surface area contributed by atoms with Crippen LogP contribution < -0.4 is 0 Å². The fourth-order valence-corrected chi connectivity index (χ4v) is 1.74. The molecule has 0 aromatic heterocycles. The summed E-state index contributed by atoms with van der Waals surface area (Å²) in [6.45, 7) is 3.39. The van der Waals surface area contributed by atoms with Crippen LogP contribution in [0.4, 0.5) is 0 Å². The van der Waals surface area contributed by atoms with Gasteiger partial charge < -0.3 is 4.74 Å². The van der Waals surface area contributed by atoms with Crippen LogP contribution in [0.15, 0.2) is 54.6 Å². The Morgan fingerprint density at radius 1 is 1.05 bits per heavy atom. The maximum atomic E-state index is 11.2. The zero-order valence-corrected chi connectivity index (χ0v) is 11.0. The molecule has 0 unspecified atom stereocenters. The molecule has 0 spiro atoms. The van der Waals surface area contributed by atoms with E-state index in [2.05, 4.69) is 6.08 Å². The average Bonchev–Trinajstić information content (AvgIpc) is 2.39. The van der Waals surface area contributed by atoms with Gasteiger partial charge in [-0.1, -0.05) is 54.1 Å². The predicted molar refractivity (Wildman–Crippen MR) is 75.1 cm³/mol. The minimum Gasteiger partial charge on any atom is -0.425 e. The highest BCUT2D eigenvalue weighted by Crippen LogP contribution is 2.19. The van der Waals surface area contributed by atoms with E-state index in [4.69, 9.17) is 4.74 Å². The molecule has 0 aliphatic rings. The smallest absolute Gasteiger partial charge is 0.308 e. The van der Waals surface area contributed by atoms with Crippen LogP contribution in [-0.2, 0) is 9.53 Å². The third-order valence-corrected chi connectivity index (χ3v) is 2.56. The first-order valence-corrected chi connectivity index (χ1v) is 6.09. The number of ether oxygens (including phenoxy) is 1. The third-order valence-electron chi connectivity index (χ3n) is 2.56. The van der Waals surface area contributed by atoms with E-state index in [1.807, 2.05) is 61.5 Å². The maximum absolute atomic E-state index is 11.2. The van der Waals surface area contributed by atoms with Gasteiger partial charge in [-0.3, -0.25) is 4.79 Å². The Bertz CT molecular complexity index is 598. The molecule has 2 rings (SSSR count). The minimum absolute atomic E-state index is 0.347. The van der Waals surface area contributed by atoms with Crippen molar-refractivity contribution < 1.29 is 9.53 Å². The van der Waals surface area contributed by atoms with Gasteiger partial charge in [0.1, 0.15) is 5.76 Å². The highest BCUT2D eigenvalue weighted by molar-refractivity contribution is 5.76. The first kappa shape index (κ1) is 13.1. The van der Waals surface area contributed by atoms with Gasteiger partial charge in [-0.25, -0.2) is 0 Å². The molecule has 95 valence electrons. The van der Waals surface area contributed by atoms with Crippen LogP contribution in [0.3, 0.4) is 0 Å². The summed E-state index contributed by atoms with van der Waals surface area (Å²) in [5.41, 5.74) is 2.83. The molecule has 0 atom stereocenters. The second-order valence-electron chi connectivity index (χ2n) is 4.28. The second kappa shape index (κ2) is 6.01. The molecule has 0 saturated carbocycles. The quantitative estimate of drug-likeness (QED) is 0.472. The van der Waals surface area contributed by atoms with Crippen molar-refractivity contribution in [2.45, 2.75) is 13.8 Å². The Hall–Kier alpha value is -2.35. The second-order valence-corrected chi connectivity index (χ2v) is 4.28. The molecular formula is C17H15O2. The van der Waals surface area contributed by atoms with Gasteiger partial charge in [0.05, 0.1) is 0 Å². The zero-order valence-electron chi connectivity index (χ0n) is 11.0. The van der Waals surface area contributed by atoms with Crippen molar-refractivity contribution in [2.24, 2.45) is 0 Å². The Labute approximate surface area is 113 Å². The van der Waals surface area contributed by atoms with Crippen LogP contribution in [0, 0.1) is 13.0 Å². The van der Waals surface area contributed by atoms with Crippen LogP contribution in [0.25, 0.3) is 5.76 Å². The molecule has 0 N–H and O–H groups in total. The van der Waals surface area contributed by atoms with E-state index in [1.54, 1.807) is 0 Å². The van der Waals surface area contributed by atoms with E-state index in [1.165, 1.54) is 6.92 Å². The molecule has 0 aliphatic carbocycles. The van der Waals surface area contributed by atoms with Crippen molar-refractivity contribution in [3.8, 4) is 0 Å². The predicted octanol–water partition coefficient (Wildman–Crippen LogP) is 3.75. The summed E-state index contributed by atoms with van der Waals surface area (Å²) in [4.78, 5) is 11.2. The maximum Gasteiger partial charge on any atom is 0.308 e.